The third-order valence-electron chi connectivity index (χ3n) is 3.79. The van der Waals surface area contributed by atoms with Crippen molar-refractivity contribution in [1.82, 2.24) is 4.57 Å². The lowest BCUT2D eigenvalue weighted by atomic mass is 10.1. The summed E-state index contributed by atoms with van der Waals surface area (Å²) in [5.74, 6) is -0.193. The summed E-state index contributed by atoms with van der Waals surface area (Å²) in [6.07, 6.45) is 0. The predicted octanol–water partition coefficient (Wildman–Crippen LogP) is 4.20. The number of hydrogen-bond donors (Lipinski definition) is 0. The van der Waals surface area contributed by atoms with E-state index in [0.717, 1.165) is 18.6 Å². The van der Waals surface area contributed by atoms with Crippen molar-refractivity contribution in [3.05, 3.63) is 61.5 Å². The topological polar surface area (TPSA) is 34.4 Å². The van der Waals surface area contributed by atoms with E-state index < -0.39 is 0 Å². The van der Waals surface area contributed by atoms with Gasteiger partial charge in [-0.1, -0.05) is 29.5 Å². The Hall–Kier alpha value is -1.47. The van der Waals surface area contributed by atoms with Gasteiger partial charge in [0.2, 0.25) is 0 Å². The molecule has 2 aromatic carbocycles. The van der Waals surface area contributed by atoms with Crippen molar-refractivity contribution in [3.8, 4) is 0 Å². The number of aromatic nitrogens is 1. The Morgan fingerprint density at radius 2 is 1.91 bits per heavy atom. The highest BCUT2D eigenvalue weighted by Crippen LogP contribution is 2.23. The van der Waals surface area contributed by atoms with Crippen LogP contribution in [-0.4, -0.2) is 10.5 Å². The summed E-state index contributed by atoms with van der Waals surface area (Å²) >= 11 is 3.72. The maximum absolute atomic E-state index is 12.4. The molecule has 0 saturated heterocycles. The maximum atomic E-state index is 12.4. The minimum Gasteiger partial charge on any atom is -0.319 e. The molecule has 0 atom stereocenters. The molecular formula is C17H15IN2OS. The first kappa shape index (κ1) is 15.4. The molecule has 5 heteroatoms. The van der Waals surface area contributed by atoms with Crippen LogP contribution in [-0.2, 0) is 7.05 Å². The van der Waals surface area contributed by atoms with Gasteiger partial charge in [-0.2, -0.15) is 4.99 Å². The van der Waals surface area contributed by atoms with E-state index in [1.165, 1.54) is 11.1 Å². The summed E-state index contributed by atoms with van der Waals surface area (Å²) in [5, 5.41) is 0. The molecule has 1 aromatic heterocycles. The molecule has 1 heterocycles. The average Bonchev–Trinajstić information content (AvgIpc) is 2.80. The van der Waals surface area contributed by atoms with Crippen LogP contribution < -0.4 is 4.80 Å². The Balaban J connectivity index is 2.19. The fourth-order valence-corrected chi connectivity index (χ4v) is 4.11. The minimum atomic E-state index is -0.193. The number of thiazole rings is 1. The molecular weight excluding hydrogens is 407 g/mol. The molecule has 0 aliphatic carbocycles. The highest BCUT2D eigenvalue weighted by Gasteiger charge is 2.11. The van der Waals surface area contributed by atoms with Crippen molar-refractivity contribution >= 4 is 50.1 Å². The fraction of sp³-hybridized carbons (Fsp3) is 0.176. The zero-order valence-corrected chi connectivity index (χ0v) is 15.5. The van der Waals surface area contributed by atoms with Crippen LogP contribution in [0.5, 0.6) is 0 Å². The Morgan fingerprint density at radius 3 is 2.64 bits per heavy atom. The van der Waals surface area contributed by atoms with Gasteiger partial charge in [-0.3, -0.25) is 4.79 Å². The van der Waals surface area contributed by atoms with Crippen LogP contribution in [0.4, 0.5) is 0 Å². The number of nitrogens with zero attached hydrogens (tertiary/aromatic N) is 2. The first-order valence-corrected chi connectivity index (χ1v) is 8.78. The zero-order chi connectivity index (χ0) is 15.9. The Labute approximate surface area is 146 Å². The summed E-state index contributed by atoms with van der Waals surface area (Å²) in [7, 11) is 1.97. The molecule has 22 heavy (non-hydrogen) atoms. The first-order valence-electron chi connectivity index (χ1n) is 6.88. The van der Waals surface area contributed by atoms with Crippen molar-refractivity contribution in [2.75, 3.05) is 0 Å². The first-order chi connectivity index (χ1) is 10.5. The normalized spacial score (nSPS) is 12.1. The van der Waals surface area contributed by atoms with Crippen LogP contribution in [0.3, 0.4) is 0 Å². The molecule has 3 aromatic rings. The number of carbonyl (C=O) groups is 1. The number of halogens is 1. The lowest BCUT2D eigenvalue weighted by molar-refractivity contribution is 0.0997. The van der Waals surface area contributed by atoms with Crippen molar-refractivity contribution in [1.29, 1.82) is 0 Å². The minimum absolute atomic E-state index is 0.193. The SMILES string of the molecule is Cc1ccc2sc(=NC(=O)c3ccccc3I)n(C)c2c1C. The van der Waals surface area contributed by atoms with Crippen LogP contribution >= 0.6 is 33.9 Å². The van der Waals surface area contributed by atoms with Gasteiger partial charge in [0.1, 0.15) is 0 Å². The van der Waals surface area contributed by atoms with Gasteiger partial charge < -0.3 is 4.57 Å². The van der Waals surface area contributed by atoms with Crippen LogP contribution in [0, 0.1) is 17.4 Å². The Bertz CT molecular complexity index is 953. The summed E-state index contributed by atoms with van der Waals surface area (Å²) in [6, 6.07) is 11.7. The summed E-state index contributed by atoms with van der Waals surface area (Å²) < 4.78 is 4.08. The second kappa shape index (κ2) is 5.96. The largest absolute Gasteiger partial charge is 0.319 e. The molecule has 0 spiro atoms. The van der Waals surface area contributed by atoms with E-state index in [4.69, 9.17) is 0 Å². The van der Waals surface area contributed by atoms with Gasteiger partial charge in [0, 0.05) is 10.6 Å². The lowest BCUT2D eigenvalue weighted by Gasteiger charge is -2.03. The maximum Gasteiger partial charge on any atom is 0.280 e. The number of fused-ring (bicyclic) bond motifs is 1. The summed E-state index contributed by atoms with van der Waals surface area (Å²) in [6.45, 7) is 4.21. The highest BCUT2D eigenvalue weighted by atomic mass is 127. The van der Waals surface area contributed by atoms with E-state index in [2.05, 4.69) is 53.6 Å². The molecule has 0 N–H and O–H groups in total. The quantitative estimate of drug-likeness (QED) is 0.542. The van der Waals surface area contributed by atoms with E-state index in [0.29, 0.717) is 5.56 Å². The van der Waals surface area contributed by atoms with Gasteiger partial charge in [0.15, 0.2) is 4.80 Å². The van der Waals surface area contributed by atoms with Gasteiger partial charge in [0.05, 0.1) is 15.8 Å². The Kier molecular flexibility index (Phi) is 4.18. The number of aryl methyl sites for hydroxylation is 3. The van der Waals surface area contributed by atoms with Crippen LogP contribution in [0.2, 0.25) is 0 Å². The van der Waals surface area contributed by atoms with Gasteiger partial charge in [-0.25, -0.2) is 0 Å². The van der Waals surface area contributed by atoms with Crippen LogP contribution in [0.1, 0.15) is 21.5 Å². The van der Waals surface area contributed by atoms with Gasteiger partial charge in [0.25, 0.3) is 5.91 Å². The standard InChI is InChI=1S/C17H15IN2OS/c1-10-8-9-14-15(11(10)2)20(3)17(22-14)19-16(21)12-6-4-5-7-13(12)18/h4-9H,1-3H3. The van der Waals surface area contributed by atoms with Crippen molar-refractivity contribution < 1.29 is 4.79 Å². The van der Waals surface area contributed by atoms with E-state index in [1.807, 2.05) is 35.9 Å². The van der Waals surface area contributed by atoms with Gasteiger partial charge in [-0.15, -0.1) is 0 Å². The Morgan fingerprint density at radius 1 is 1.18 bits per heavy atom. The zero-order valence-electron chi connectivity index (χ0n) is 12.6. The predicted molar refractivity (Wildman–Crippen MR) is 99.3 cm³/mol. The molecule has 0 unspecified atom stereocenters. The fourth-order valence-electron chi connectivity index (χ4n) is 2.42. The van der Waals surface area contributed by atoms with E-state index in [1.54, 1.807) is 11.3 Å². The summed E-state index contributed by atoms with van der Waals surface area (Å²) in [4.78, 5) is 17.5. The number of amides is 1. The second-order valence-corrected chi connectivity index (χ2v) is 7.37. The van der Waals surface area contributed by atoms with Crippen LogP contribution in [0.25, 0.3) is 10.2 Å². The third kappa shape index (κ3) is 2.63. The van der Waals surface area contributed by atoms with Gasteiger partial charge >= 0.3 is 0 Å². The van der Waals surface area contributed by atoms with E-state index in [9.17, 15) is 4.79 Å². The molecule has 0 fully saturated rings. The smallest absolute Gasteiger partial charge is 0.280 e. The van der Waals surface area contributed by atoms with Crippen molar-refractivity contribution in [2.24, 2.45) is 12.0 Å². The monoisotopic (exact) mass is 422 g/mol. The van der Waals surface area contributed by atoms with Gasteiger partial charge in [-0.05, 0) is 65.8 Å². The molecule has 1 amide bonds. The number of benzene rings is 2. The number of carbonyl (C=O) groups excluding carboxylic acids is 1. The molecule has 0 radical (unpaired) electrons. The van der Waals surface area contributed by atoms with E-state index in [-0.39, 0.29) is 5.91 Å². The molecule has 112 valence electrons. The summed E-state index contributed by atoms with van der Waals surface area (Å²) in [5.41, 5.74) is 4.28. The molecule has 3 rings (SSSR count). The average molecular weight is 422 g/mol. The van der Waals surface area contributed by atoms with Crippen molar-refractivity contribution in [2.45, 2.75) is 13.8 Å². The third-order valence-corrected chi connectivity index (χ3v) is 5.83. The number of rotatable bonds is 1. The highest BCUT2D eigenvalue weighted by molar-refractivity contribution is 14.1. The number of hydrogen-bond acceptors (Lipinski definition) is 2. The second-order valence-electron chi connectivity index (χ2n) is 5.19. The molecule has 0 bridgehead atoms. The van der Waals surface area contributed by atoms with E-state index >= 15 is 0 Å². The molecule has 0 aliphatic rings. The lowest BCUT2D eigenvalue weighted by Crippen LogP contribution is -2.14. The van der Waals surface area contributed by atoms with Crippen molar-refractivity contribution in [3.63, 3.8) is 0 Å². The molecule has 0 aliphatic heterocycles. The van der Waals surface area contributed by atoms with Crippen LogP contribution in [0.15, 0.2) is 41.4 Å². The molecule has 0 saturated carbocycles. The molecule has 3 nitrogen and oxygen atoms in total.